The average molecular weight is 656 g/mol. The third-order valence-electron chi connectivity index (χ3n) is 9.52. The summed E-state index contributed by atoms with van der Waals surface area (Å²) in [4.78, 5) is 2.38. The van der Waals surface area contributed by atoms with Gasteiger partial charge in [0.1, 0.15) is 0 Å². The predicted molar refractivity (Wildman–Crippen MR) is 216 cm³/mol. The lowest BCUT2D eigenvalue weighted by atomic mass is 9.94. The fourth-order valence-electron chi connectivity index (χ4n) is 7.09. The number of benzene rings is 8. The van der Waals surface area contributed by atoms with E-state index in [-0.39, 0.29) is 0 Å². The van der Waals surface area contributed by atoms with E-state index in [1.165, 1.54) is 64.7 Å². The molecule has 1 nitrogen and oxygen atoms in total. The summed E-state index contributed by atoms with van der Waals surface area (Å²) in [6.07, 6.45) is 0. The third kappa shape index (κ3) is 5.56. The minimum absolute atomic E-state index is 1.11. The molecule has 0 saturated heterocycles. The van der Waals surface area contributed by atoms with Crippen molar-refractivity contribution in [2.24, 2.45) is 0 Å². The Morgan fingerprint density at radius 2 is 0.660 bits per heavy atom. The Morgan fingerprint density at radius 1 is 0.280 bits per heavy atom. The Balaban J connectivity index is 1.15. The van der Waals surface area contributed by atoms with Crippen molar-refractivity contribution in [1.82, 2.24) is 0 Å². The molecule has 236 valence electrons. The van der Waals surface area contributed by atoms with Crippen LogP contribution in [0.5, 0.6) is 0 Å². The van der Waals surface area contributed by atoms with Crippen molar-refractivity contribution in [2.75, 3.05) is 4.90 Å². The van der Waals surface area contributed by atoms with Crippen LogP contribution in [0.15, 0.2) is 200 Å². The van der Waals surface area contributed by atoms with E-state index < -0.39 is 0 Å². The number of anilines is 3. The number of fused-ring (bicyclic) bond motifs is 3. The predicted octanol–water partition coefficient (Wildman–Crippen LogP) is 14.2. The van der Waals surface area contributed by atoms with E-state index in [4.69, 9.17) is 0 Å². The molecule has 0 aliphatic heterocycles. The fraction of sp³-hybridized carbons (Fsp3) is 0. The average Bonchev–Trinajstić information content (AvgIpc) is 3.57. The van der Waals surface area contributed by atoms with E-state index in [9.17, 15) is 0 Å². The molecule has 0 spiro atoms. The number of hydrogen-bond donors (Lipinski definition) is 0. The second-order valence-electron chi connectivity index (χ2n) is 12.5. The van der Waals surface area contributed by atoms with Crippen molar-refractivity contribution in [1.29, 1.82) is 0 Å². The molecule has 0 aliphatic carbocycles. The molecule has 0 saturated carbocycles. The maximum Gasteiger partial charge on any atom is 0.0468 e. The molecule has 8 aromatic carbocycles. The maximum atomic E-state index is 2.38. The highest BCUT2D eigenvalue weighted by Gasteiger charge is 2.17. The lowest BCUT2D eigenvalue weighted by Crippen LogP contribution is -2.09. The topological polar surface area (TPSA) is 3.24 Å². The summed E-state index contributed by atoms with van der Waals surface area (Å²) in [7, 11) is 0. The van der Waals surface area contributed by atoms with Crippen LogP contribution >= 0.6 is 11.3 Å². The number of hydrogen-bond acceptors (Lipinski definition) is 2. The minimum atomic E-state index is 1.11. The van der Waals surface area contributed by atoms with Gasteiger partial charge in [-0.1, -0.05) is 152 Å². The van der Waals surface area contributed by atoms with Crippen LogP contribution in [0, 0.1) is 0 Å². The summed E-state index contributed by atoms with van der Waals surface area (Å²) in [5, 5.41) is 2.59. The largest absolute Gasteiger partial charge is 0.310 e. The van der Waals surface area contributed by atoms with Gasteiger partial charge in [-0.3, -0.25) is 0 Å². The van der Waals surface area contributed by atoms with E-state index in [2.05, 4.69) is 205 Å². The molecule has 0 unspecified atom stereocenters. The molecule has 0 amide bonds. The molecular formula is C48H33NS. The van der Waals surface area contributed by atoms with Crippen LogP contribution in [0.2, 0.25) is 0 Å². The molecule has 2 heteroatoms. The van der Waals surface area contributed by atoms with Crippen LogP contribution in [0.3, 0.4) is 0 Å². The van der Waals surface area contributed by atoms with E-state index in [1.807, 2.05) is 11.3 Å². The molecule has 0 bridgehead atoms. The van der Waals surface area contributed by atoms with Crippen molar-refractivity contribution in [3.05, 3.63) is 200 Å². The summed E-state index contributed by atoms with van der Waals surface area (Å²) in [6, 6.07) is 72.3. The SMILES string of the molecule is c1ccc(-c2ccccc2-c2ccc(N(c3ccc(-c4ccccc4-c4ccccc4)cc3)c3ccc4sc5ccccc5c4c3)cc2)cc1. The normalized spacial score (nSPS) is 11.2. The van der Waals surface area contributed by atoms with Gasteiger partial charge in [-0.05, 0) is 93.0 Å². The lowest BCUT2D eigenvalue weighted by molar-refractivity contribution is 1.29. The highest BCUT2D eigenvalue weighted by molar-refractivity contribution is 7.25. The Labute approximate surface area is 297 Å². The van der Waals surface area contributed by atoms with Crippen LogP contribution in [-0.4, -0.2) is 0 Å². The van der Waals surface area contributed by atoms with Crippen molar-refractivity contribution < 1.29 is 0 Å². The molecule has 0 fully saturated rings. The highest BCUT2D eigenvalue weighted by atomic mass is 32.1. The maximum absolute atomic E-state index is 2.38. The molecule has 1 heterocycles. The second-order valence-corrected chi connectivity index (χ2v) is 13.6. The van der Waals surface area contributed by atoms with Gasteiger partial charge >= 0.3 is 0 Å². The van der Waals surface area contributed by atoms with Crippen LogP contribution in [0.25, 0.3) is 64.7 Å². The van der Waals surface area contributed by atoms with Crippen LogP contribution < -0.4 is 4.90 Å². The van der Waals surface area contributed by atoms with Gasteiger partial charge in [0.25, 0.3) is 0 Å². The van der Waals surface area contributed by atoms with Gasteiger partial charge in [0, 0.05) is 37.2 Å². The zero-order valence-electron chi connectivity index (χ0n) is 27.4. The van der Waals surface area contributed by atoms with Crippen molar-refractivity contribution in [3.8, 4) is 44.5 Å². The van der Waals surface area contributed by atoms with Gasteiger partial charge < -0.3 is 4.90 Å². The molecular weight excluding hydrogens is 623 g/mol. The van der Waals surface area contributed by atoms with Crippen molar-refractivity contribution in [3.63, 3.8) is 0 Å². The number of nitrogens with zero attached hydrogens (tertiary/aromatic N) is 1. The molecule has 1 aromatic heterocycles. The molecule has 9 aromatic rings. The van der Waals surface area contributed by atoms with Crippen LogP contribution in [-0.2, 0) is 0 Å². The van der Waals surface area contributed by atoms with E-state index in [0.717, 1.165) is 17.1 Å². The first kappa shape index (κ1) is 29.9. The Hall–Kier alpha value is -6.22. The Kier molecular flexibility index (Phi) is 7.77. The number of thiophene rings is 1. The van der Waals surface area contributed by atoms with Crippen molar-refractivity contribution >= 4 is 48.6 Å². The van der Waals surface area contributed by atoms with E-state index >= 15 is 0 Å². The lowest BCUT2D eigenvalue weighted by Gasteiger charge is -2.26. The second kappa shape index (κ2) is 13.0. The van der Waals surface area contributed by atoms with E-state index in [0.29, 0.717) is 0 Å². The smallest absolute Gasteiger partial charge is 0.0468 e. The van der Waals surface area contributed by atoms with E-state index in [1.54, 1.807) is 0 Å². The highest BCUT2D eigenvalue weighted by Crippen LogP contribution is 2.42. The van der Waals surface area contributed by atoms with Gasteiger partial charge in [-0.2, -0.15) is 0 Å². The Morgan fingerprint density at radius 3 is 1.16 bits per heavy atom. The Bertz CT molecular complexity index is 2440. The molecule has 50 heavy (non-hydrogen) atoms. The summed E-state index contributed by atoms with van der Waals surface area (Å²) < 4.78 is 2.62. The first-order valence-electron chi connectivity index (χ1n) is 17.0. The molecule has 0 aliphatic rings. The van der Waals surface area contributed by atoms with Gasteiger partial charge in [-0.15, -0.1) is 11.3 Å². The summed E-state index contributed by atoms with van der Waals surface area (Å²) in [5.74, 6) is 0. The van der Waals surface area contributed by atoms with Crippen molar-refractivity contribution in [2.45, 2.75) is 0 Å². The third-order valence-corrected chi connectivity index (χ3v) is 10.7. The molecule has 0 atom stereocenters. The van der Waals surface area contributed by atoms with Gasteiger partial charge in [0.05, 0.1) is 0 Å². The van der Waals surface area contributed by atoms with Crippen LogP contribution in [0.1, 0.15) is 0 Å². The van der Waals surface area contributed by atoms with Gasteiger partial charge in [-0.25, -0.2) is 0 Å². The molecule has 9 rings (SSSR count). The summed E-state index contributed by atoms with van der Waals surface area (Å²) >= 11 is 1.85. The molecule has 0 N–H and O–H groups in total. The first-order chi connectivity index (χ1) is 24.8. The monoisotopic (exact) mass is 655 g/mol. The zero-order valence-corrected chi connectivity index (χ0v) is 28.2. The number of rotatable bonds is 7. The van der Waals surface area contributed by atoms with Gasteiger partial charge in [0.15, 0.2) is 0 Å². The van der Waals surface area contributed by atoms with Gasteiger partial charge in [0.2, 0.25) is 0 Å². The standard InChI is InChI=1S/C48H33NS/c1-3-13-34(14-4-1)41-17-7-9-19-43(41)36-23-27-38(28-24-36)49(40-31-32-48-46(33-40)45-21-11-12-22-47(45)50-48)39-29-25-37(26-30-39)44-20-10-8-18-42(44)35-15-5-2-6-16-35/h1-33H. The zero-order chi connectivity index (χ0) is 33.3. The quantitative estimate of drug-likeness (QED) is 0.165. The fourth-order valence-corrected chi connectivity index (χ4v) is 8.18. The summed E-state index contributed by atoms with van der Waals surface area (Å²) in [6.45, 7) is 0. The minimum Gasteiger partial charge on any atom is -0.310 e. The first-order valence-corrected chi connectivity index (χ1v) is 17.8. The molecule has 0 radical (unpaired) electrons. The van der Waals surface area contributed by atoms with Crippen LogP contribution in [0.4, 0.5) is 17.1 Å². The summed E-state index contributed by atoms with van der Waals surface area (Å²) in [5.41, 5.74) is 13.1.